The molecule has 0 saturated heterocycles. The van der Waals surface area contributed by atoms with Crippen LogP contribution in [0.2, 0.25) is 5.02 Å². The topological polar surface area (TPSA) is 35.5 Å². The molecule has 5 heteroatoms. The predicted molar refractivity (Wildman–Crippen MR) is 81.5 cm³/mol. The highest BCUT2D eigenvalue weighted by molar-refractivity contribution is 9.10. The van der Waals surface area contributed by atoms with Crippen LogP contribution in [0, 0.1) is 6.92 Å². The molecule has 0 aliphatic carbocycles. The molecule has 0 spiro atoms. The number of carbonyl (C=O) groups is 1. The van der Waals surface area contributed by atoms with Crippen LogP contribution in [0.3, 0.4) is 0 Å². The van der Waals surface area contributed by atoms with Crippen molar-refractivity contribution in [2.75, 3.05) is 6.61 Å². The van der Waals surface area contributed by atoms with Crippen LogP contribution in [0.4, 0.5) is 0 Å². The van der Waals surface area contributed by atoms with Crippen molar-refractivity contribution in [3.8, 4) is 11.5 Å². The largest absolute Gasteiger partial charge is 0.480 e. The predicted octanol–water partition coefficient (Wildman–Crippen LogP) is 4.40. The second-order valence-corrected chi connectivity index (χ2v) is 5.48. The Balaban J connectivity index is 1.92. The monoisotopic (exact) mass is 354 g/mol. The SMILES string of the molecule is Cc1cccc(OC(=O)COc2ccc(Br)cc2Cl)c1. The molecule has 0 aromatic heterocycles. The van der Waals surface area contributed by atoms with Crippen LogP contribution < -0.4 is 9.47 Å². The molecule has 0 saturated carbocycles. The fourth-order valence-electron chi connectivity index (χ4n) is 1.57. The molecule has 20 heavy (non-hydrogen) atoms. The molecule has 104 valence electrons. The van der Waals surface area contributed by atoms with Gasteiger partial charge in [-0.1, -0.05) is 39.7 Å². The number of hydrogen-bond acceptors (Lipinski definition) is 3. The first-order chi connectivity index (χ1) is 9.54. The van der Waals surface area contributed by atoms with Crippen molar-refractivity contribution in [1.29, 1.82) is 0 Å². The summed E-state index contributed by atoms with van der Waals surface area (Å²) < 4.78 is 11.3. The van der Waals surface area contributed by atoms with Gasteiger partial charge < -0.3 is 9.47 Å². The van der Waals surface area contributed by atoms with Gasteiger partial charge in [0.05, 0.1) is 5.02 Å². The number of esters is 1. The van der Waals surface area contributed by atoms with Crippen molar-refractivity contribution in [3.63, 3.8) is 0 Å². The van der Waals surface area contributed by atoms with Gasteiger partial charge in [0, 0.05) is 4.47 Å². The molecule has 0 aliphatic heterocycles. The molecule has 2 rings (SSSR count). The Hall–Kier alpha value is -1.52. The lowest BCUT2D eigenvalue weighted by molar-refractivity contribution is -0.136. The first-order valence-electron chi connectivity index (χ1n) is 5.90. The Morgan fingerprint density at radius 3 is 2.75 bits per heavy atom. The highest BCUT2D eigenvalue weighted by atomic mass is 79.9. The molecule has 0 heterocycles. The van der Waals surface area contributed by atoms with Crippen LogP contribution in [-0.4, -0.2) is 12.6 Å². The molecule has 0 amide bonds. The number of benzene rings is 2. The van der Waals surface area contributed by atoms with Gasteiger partial charge in [0.25, 0.3) is 0 Å². The number of hydrogen-bond donors (Lipinski definition) is 0. The van der Waals surface area contributed by atoms with Gasteiger partial charge in [0.2, 0.25) is 0 Å². The summed E-state index contributed by atoms with van der Waals surface area (Å²) in [4.78, 5) is 11.7. The quantitative estimate of drug-likeness (QED) is 0.602. The zero-order chi connectivity index (χ0) is 14.5. The standard InChI is InChI=1S/C15H12BrClO3/c1-10-3-2-4-12(7-10)20-15(18)9-19-14-6-5-11(16)8-13(14)17/h2-8H,9H2,1H3. The van der Waals surface area contributed by atoms with E-state index in [0.29, 0.717) is 16.5 Å². The van der Waals surface area contributed by atoms with E-state index in [4.69, 9.17) is 21.1 Å². The molecule has 0 atom stereocenters. The highest BCUT2D eigenvalue weighted by Crippen LogP contribution is 2.27. The molecule has 0 aliphatic rings. The Labute approximate surface area is 130 Å². The van der Waals surface area contributed by atoms with Crippen LogP contribution in [0.15, 0.2) is 46.9 Å². The number of rotatable bonds is 4. The summed E-state index contributed by atoms with van der Waals surface area (Å²) in [6.45, 7) is 1.73. The van der Waals surface area contributed by atoms with Gasteiger partial charge in [-0.2, -0.15) is 0 Å². The molecular weight excluding hydrogens is 344 g/mol. The van der Waals surface area contributed by atoms with Crippen molar-refractivity contribution in [2.45, 2.75) is 6.92 Å². The molecular formula is C15H12BrClO3. The van der Waals surface area contributed by atoms with Crippen LogP contribution >= 0.6 is 27.5 Å². The van der Waals surface area contributed by atoms with E-state index in [1.54, 1.807) is 30.3 Å². The van der Waals surface area contributed by atoms with Crippen LogP contribution in [0.25, 0.3) is 0 Å². The number of halogens is 2. The average Bonchev–Trinajstić information content (AvgIpc) is 2.37. The van der Waals surface area contributed by atoms with E-state index in [1.165, 1.54) is 0 Å². The third kappa shape index (κ3) is 4.25. The second kappa shape index (κ2) is 6.77. The summed E-state index contributed by atoms with van der Waals surface area (Å²) in [7, 11) is 0. The number of carbonyl (C=O) groups excluding carboxylic acids is 1. The van der Waals surface area contributed by atoms with E-state index in [1.807, 2.05) is 19.1 Å². The zero-order valence-electron chi connectivity index (χ0n) is 10.7. The van der Waals surface area contributed by atoms with Crippen LogP contribution in [0.1, 0.15) is 5.56 Å². The van der Waals surface area contributed by atoms with Gasteiger partial charge in [0.1, 0.15) is 11.5 Å². The van der Waals surface area contributed by atoms with Gasteiger partial charge in [-0.05, 0) is 42.8 Å². The highest BCUT2D eigenvalue weighted by Gasteiger charge is 2.08. The third-order valence-electron chi connectivity index (χ3n) is 2.46. The van der Waals surface area contributed by atoms with Crippen molar-refractivity contribution in [3.05, 3.63) is 57.5 Å². The van der Waals surface area contributed by atoms with Gasteiger partial charge >= 0.3 is 5.97 Å². The van der Waals surface area contributed by atoms with E-state index in [0.717, 1.165) is 10.0 Å². The third-order valence-corrected chi connectivity index (χ3v) is 3.25. The zero-order valence-corrected chi connectivity index (χ0v) is 13.1. The average molecular weight is 356 g/mol. The molecule has 0 radical (unpaired) electrons. The first kappa shape index (κ1) is 14.9. The number of ether oxygens (including phenoxy) is 2. The van der Waals surface area contributed by atoms with Crippen LogP contribution in [0.5, 0.6) is 11.5 Å². The molecule has 2 aromatic carbocycles. The maximum atomic E-state index is 11.7. The van der Waals surface area contributed by atoms with Gasteiger partial charge in [-0.3, -0.25) is 0 Å². The first-order valence-corrected chi connectivity index (χ1v) is 7.07. The lowest BCUT2D eigenvalue weighted by Gasteiger charge is -2.08. The van der Waals surface area contributed by atoms with Crippen molar-refractivity contribution < 1.29 is 14.3 Å². The van der Waals surface area contributed by atoms with Crippen molar-refractivity contribution in [1.82, 2.24) is 0 Å². The molecule has 0 N–H and O–H groups in total. The fraction of sp³-hybridized carbons (Fsp3) is 0.133. The summed E-state index contributed by atoms with van der Waals surface area (Å²) in [5.74, 6) is 0.464. The molecule has 3 nitrogen and oxygen atoms in total. The van der Waals surface area contributed by atoms with E-state index in [-0.39, 0.29) is 6.61 Å². The van der Waals surface area contributed by atoms with E-state index in [2.05, 4.69) is 15.9 Å². The summed E-state index contributed by atoms with van der Waals surface area (Å²) in [5.41, 5.74) is 1.02. The van der Waals surface area contributed by atoms with E-state index in [9.17, 15) is 4.79 Å². The lowest BCUT2D eigenvalue weighted by atomic mass is 10.2. The summed E-state index contributed by atoms with van der Waals surface area (Å²) >= 11 is 9.28. The Bertz CT molecular complexity index is 628. The van der Waals surface area contributed by atoms with Gasteiger partial charge in [-0.25, -0.2) is 4.79 Å². The number of aryl methyl sites for hydroxylation is 1. The Kier molecular flexibility index (Phi) is 5.04. The minimum absolute atomic E-state index is 0.199. The van der Waals surface area contributed by atoms with Gasteiger partial charge in [0.15, 0.2) is 6.61 Å². The maximum Gasteiger partial charge on any atom is 0.349 e. The van der Waals surface area contributed by atoms with E-state index >= 15 is 0 Å². The second-order valence-electron chi connectivity index (χ2n) is 4.15. The Morgan fingerprint density at radius 1 is 1.25 bits per heavy atom. The van der Waals surface area contributed by atoms with Crippen LogP contribution in [-0.2, 0) is 4.79 Å². The van der Waals surface area contributed by atoms with E-state index < -0.39 is 5.97 Å². The normalized spacial score (nSPS) is 10.2. The smallest absolute Gasteiger partial charge is 0.349 e. The summed E-state index contributed by atoms with van der Waals surface area (Å²) in [5, 5.41) is 0.433. The summed E-state index contributed by atoms with van der Waals surface area (Å²) in [6, 6.07) is 12.4. The van der Waals surface area contributed by atoms with Crippen molar-refractivity contribution >= 4 is 33.5 Å². The Morgan fingerprint density at radius 2 is 2.05 bits per heavy atom. The molecule has 0 bridgehead atoms. The summed E-state index contributed by atoms with van der Waals surface area (Å²) in [6.07, 6.45) is 0. The molecule has 2 aromatic rings. The lowest BCUT2D eigenvalue weighted by Crippen LogP contribution is -2.17. The minimum atomic E-state index is -0.477. The fourth-order valence-corrected chi connectivity index (χ4v) is 2.30. The van der Waals surface area contributed by atoms with Gasteiger partial charge in [-0.15, -0.1) is 0 Å². The minimum Gasteiger partial charge on any atom is -0.480 e. The molecule has 0 fully saturated rings. The molecule has 0 unspecified atom stereocenters. The maximum absolute atomic E-state index is 11.7. The van der Waals surface area contributed by atoms with Crippen molar-refractivity contribution in [2.24, 2.45) is 0 Å².